The van der Waals surface area contributed by atoms with Crippen molar-refractivity contribution in [1.82, 2.24) is 10.2 Å². The Hall–Kier alpha value is -0.990. The van der Waals surface area contributed by atoms with Crippen LogP contribution < -0.4 is 5.32 Å². The maximum atomic E-state index is 13.0. The maximum Gasteiger partial charge on any atom is 0.234 e. The van der Waals surface area contributed by atoms with Crippen LogP contribution in [0.3, 0.4) is 0 Å². The third-order valence-corrected chi connectivity index (χ3v) is 5.97. The summed E-state index contributed by atoms with van der Waals surface area (Å²) in [6, 6.07) is 4.13. The van der Waals surface area contributed by atoms with Crippen molar-refractivity contribution in [2.75, 3.05) is 25.1 Å². The molecule has 1 N–H and O–H groups in total. The first kappa shape index (κ1) is 17.4. The lowest BCUT2D eigenvalue weighted by atomic mass is 10.2. The monoisotopic (exact) mass is 392 g/mol. The molecular formula is C14H18BrFN2O3S. The van der Waals surface area contributed by atoms with Crippen LogP contribution in [0.5, 0.6) is 0 Å². The summed E-state index contributed by atoms with van der Waals surface area (Å²) in [6.45, 7) is 0.637. The minimum Gasteiger partial charge on any atom is -0.351 e. The Morgan fingerprint density at radius 3 is 2.82 bits per heavy atom. The number of carbonyl (C=O) groups is 1. The lowest BCUT2D eigenvalue weighted by molar-refractivity contribution is -0.122. The number of amides is 1. The molecule has 8 heteroatoms. The van der Waals surface area contributed by atoms with Gasteiger partial charge in [-0.15, -0.1) is 0 Å². The molecule has 0 radical (unpaired) electrons. The predicted molar refractivity (Wildman–Crippen MR) is 85.6 cm³/mol. The average molecular weight is 393 g/mol. The number of hydrogen-bond donors (Lipinski definition) is 1. The predicted octanol–water partition coefficient (Wildman–Crippen LogP) is 1.32. The molecule has 1 amide bonds. The van der Waals surface area contributed by atoms with E-state index in [9.17, 15) is 17.6 Å². The fraction of sp³-hybridized carbons (Fsp3) is 0.500. The molecular weight excluding hydrogens is 375 g/mol. The van der Waals surface area contributed by atoms with E-state index in [0.717, 1.165) is 5.56 Å². The number of likely N-dealkylation sites (N-methyl/N-ethyl adjacent to an activating group) is 1. The van der Waals surface area contributed by atoms with Crippen LogP contribution >= 0.6 is 15.9 Å². The van der Waals surface area contributed by atoms with Gasteiger partial charge in [-0.3, -0.25) is 9.69 Å². The molecule has 1 unspecified atom stereocenters. The number of halogens is 2. The standard InChI is InChI=1S/C14H18BrFN2O3S/c1-18(7-10-2-3-11(16)6-13(10)15)8-14(19)17-12-4-5-22(20,21)9-12/h2-3,6,12H,4-5,7-9H2,1H3,(H,17,19). The number of nitrogens with one attached hydrogen (secondary N) is 1. The van der Waals surface area contributed by atoms with Crippen LogP contribution in [0.1, 0.15) is 12.0 Å². The quantitative estimate of drug-likeness (QED) is 0.820. The van der Waals surface area contributed by atoms with Gasteiger partial charge in [0.15, 0.2) is 9.84 Å². The summed E-state index contributed by atoms with van der Waals surface area (Å²) < 4.78 is 36.4. The average Bonchev–Trinajstić information content (AvgIpc) is 2.71. The molecule has 5 nitrogen and oxygen atoms in total. The molecule has 2 rings (SSSR count). The number of nitrogens with zero attached hydrogens (tertiary/aromatic N) is 1. The first-order chi connectivity index (χ1) is 10.2. The Morgan fingerprint density at radius 2 is 2.23 bits per heavy atom. The van der Waals surface area contributed by atoms with Crippen molar-refractivity contribution in [2.45, 2.75) is 19.0 Å². The van der Waals surface area contributed by atoms with Crippen LogP contribution in [-0.4, -0.2) is 50.4 Å². The van der Waals surface area contributed by atoms with Crippen LogP contribution in [0.15, 0.2) is 22.7 Å². The molecule has 0 aliphatic carbocycles. The molecule has 1 atom stereocenters. The van der Waals surface area contributed by atoms with Gasteiger partial charge in [0.05, 0.1) is 18.1 Å². The molecule has 1 aromatic rings. The second-order valence-corrected chi connectivity index (χ2v) is 8.66. The zero-order valence-electron chi connectivity index (χ0n) is 12.2. The molecule has 1 aliphatic rings. The summed E-state index contributed by atoms with van der Waals surface area (Å²) >= 11 is 3.29. The van der Waals surface area contributed by atoms with Crippen molar-refractivity contribution in [2.24, 2.45) is 0 Å². The summed E-state index contributed by atoms with van der Waals surface area (Å²) in [7, 11) is -1.22. The summed E-state index contributed by atoms with van der Waals surface area (Å²) in [5.41, 5.74) is 0.875. The van der Waals surface area contributed by atoms with Crippen molar-refractivity contribution >= 4 is 31.7 Å². The summed E-state index contributed by atoms with van der Waals surface area (Å²) in [5.74, 6) is -0.372. The topological polar surface area (TPSA) is 66.5 Å². The number of carbonyl (C=O) groups excluding carboxylic acids is 1. The van der Waals surface area contributed by atoms with Gasteiger partial charge in [-0.2, -0.15) is 0 Å². The number of hydrogen-bond acceptors (Lipinski definition) is 4. The van der Waals surface area contributed by atoms with E-state index in [4.69, 9.17) is 0 Å². The zero-order valence-corrected chi connectivity index (χ0v) is 14.6. The summed E-state index contributed by atoms with van der Waals surface area (Å²) in [4.78, 5) is 13.7. The van der Waals surface area contributed by atoms with Crippen molar-refractivity contribution in [3.63, 3.8) is 0 Å². The van der Waals surface area contributed by atoms with Crippen molar-refractivity contribution < 1.29 is 17.6 Å². The third kappa shape index (κ3) is 5.03. The highest BCUT2D eigenvalue weighted by molar-refractivity contribution is 9.10. The normalized spacial score (nSPS) is 20.3. The zero-order chi connectivity index (χ0) is 16.3. The molecule has 1 heterocycles. The van der Waals surface area contributed by atoms with E-state index in [1.807, 2.05) is 0 Å². The lowest BCUT2D eigenvalue weighted by Crippen LogP contribution is -2.41. The number of benzene rings is 1. The highest BCUT2D eigenvalue weighted by Crippen LogP contribution is 2.19. The first-order valence-electron chi connectivity index (χ1n) is 6.87. The van der Waals surface area contributed by atoms with Gasteiger partial charge in [0.1, 0.15) is 5.82 Å². The molecule has 22 heavy (non-hydrogen) atoms. The Morgan fingerprint density at radius 1 is 1.50 bits per heavy atom. The maximum absolute atomic E-state index is 13.0. The number of sulfone groups is 1. The van der Waals surface area contributed by atoms with Gasteiger partial charge in [0.25, 0.3) is 0 Å². The molecule has 0 spiro atoms. The lowest BCUT2D eigenvalue weighted by Gasteiger charge is -2.18. The summed E-state index contributed by atoms with van der Waals surface area (Å²) in [6.07, 6.45) is 0.474. The van der Waals surface area contributed by atoms with Gasteiger partial charge < -0.3 is 5.32 Å². The molecule has 0 bridgehead atoms. The van der Waals surface area contributed by atoms with Gasteiger partial charge in [-0.1, -0.05) is 22.0 Å². The van der Waals surface area contributed by atoms with Crippen molar-refractivity contribution in [3.05, 3.63) is 34.1 Å². The van der Waals surface area contributed by atoms with E-state index < -0.39 is 9.84 Å². The molecule has 122 valence electrons. The highest BCUT2D eigenvalue weighted by atomic mass is 79.9. The van der Waals surface area contributed by atoms with Crippen LogP contribution in [0.4, 0.5) is 4.39 Å². The Kier molecular flexibility index (Phi) is 5.57. The largest absolute Gasteiger partial charge is 0.351 e. The smallest absolute Gasteiger partial charge is 0.234 e. The minimum absolute atomic E-state index is 0.0198. The second kappa shape index (κ2) is 7.06. The molecule has 1 aliphatic heterocycles. The van der Waals surface area contributed by atoms with E-state index >= 15 is 0 Å². The minimum atomic E-state index is -3.00. The van der Waals surface area contributed by atoms with Crippen LogP contribution in [-0.2, 0) is 21.2 Å². The fourth-order valence-electron chi connectivity index (χ4n) is 2.42. The van der Waals surface area contributed by atoms with Gasteiger partial charge in [-0.25, -0.2) is 12.8 Å². The van der Waals surface area contributed by atoms with Gasteiger partial charge in [0, 0.05) is 17.1 Å². The molecule has 1 saturated heterocycles. The highest BCUT2D eigenvalue weighted by Gasteiger charge is 2.28. The van der Waals surface area contributed by atoms with E-state index in [2.05, 4.69) is 21.2 Å². The summed E-state index contributed by atoms with van der Waals surface area (Å²) in [5, 5.41) is 2.74. The van der Waals surface area contributed by atoms with Crippen molar-refractivity contribution in [1.29, 1.82) is 0 Å². The van der Waals surface area contributed by atoms with Crippen LogP contribution in [0.25, 0.3) is 0 Å². The Labute approximate surface area is 137 Å². The fourth-order valence-corrected chi connectivity index (χ4v) is 4.57. The van der Waals surface area contributed by atoms with E-state index in [-0.39, 0.29) is 35.8 Å². The van der Waals surface area contributed by atoms with Gasteiger partial charge in [0.2, 0.25) is 5.91 Å². The second-order valence-electron chi connectivity index (χ2n) is 5.58. The van der Waals surface area contributed by atoms with Gasteiger partial charge in [-0.05, 0) is 31.2 Å². The van der Waals surface area contributed by atoms with Crippen LogP contribution in [0.2, 0.25) is 0 Å². The Balaban J connectivity index is 1.84. The SMILES string of the molecule is CN(CC(=O)NC1CCS(=O)(=O)C1)Cc1ccc(F)cc1Br. The van der Waals surface area contributed by atoms with E-state index in [0.29, 0.717) is 17.4 Å². The number of rotatable bonds is 5. The van der Waals surface area contributed by atoms with Crippen LogP contribution in [0, 0.1) is 5.82 Å². The Bertz CT molecular complexity index is 666. The van der Waals surface area contributed by atoms with Crippen molar-refractivity contribution in [3.8, 4) is 0 Å². The molecule has 0 aromatic heterocycles. The molecule has 0 saturated carbocycles. The molecule has 1 fully saturated rings. The van der Waals surface area contributed by atoms with E-state index in [1.165, 1.54) is 12.1 Å². The molecule has 1 aromatic carbocycles. The van der Waals surface area contributed by atoms with Gasteiger partial charge >= 0.3 is 0 Å². The third-order valence-electron chi connectivity index (χ3n) is 3.47. The first-order valence-corrected chi connectivity index (χ1v) is 9.49. The van der Waals surface area contributed by atoms with E-state index in [1.54, 1.807) is 18.0 Å².